The maximum absolute atomic E-state index is 12.6. The van der Waals surface area contributed by atoms with Crippen molar-refractivity contribution in [3.63, 3.8) is 0 Å². The third kappa shape index (κ3) is 3.72. The standard InChI is InChI=1S/C24H25N3O4/c1-14-16-7-5-6-8-18(16)31-19(14)13-27(4)20(28)10-9-15-11-17-21(29)24(2,3)23(30)26-22(17)25-12-15/h5-12,21,29H,13H2,1-4H3,(H,25,26,30). The predicted octanol–water partition coefficient (Wildman–Crippen LogP) is 3.82. The van der Waals surface area contributed by atoms with E-state index >= 15 is 0 Å². The molecular formula is C24H25N3O4. The van der Waals surface area contributed by atoms with Gasteiger partial charge in [0.2, 0.25) is 11.8 Å². The summed E-state index contributed by atoms with van der Waals surface area (Å²) in [5.41, 5.74) is 2.06. The van der Waals surface area contributed by atoms with E-state index in [1.165, 1.54) is 6.08 Å². The minimum absolute atomic E-state index is 0.188. The average Bonchev–Trinajstić information content (AvgIpc) is 3.06. The number of hydrogen-bond acceptors (Lipinski definition) is 5. The Balaban J connectivity index is 1.49. The Labute approximate surface area is 180 Å². The lowest BCUT2D eigenvalue weighted by atomic mass is 9.79. The van der Waals surface area contributed by atoms with Crippen LogP contribution in [0, 0.1) is 12.3 Å². The van der Waals surface area contributed by atoms with E-state index in [0.29, 0.717) is 23.5 Å². The van der Waals surface area contributed by atoms with Gasteiger partial charge in [-0.25, -0.2) is 4.98 Å². The smallest absolute Gasteiger partial charge is 0.246 e. The van der Waals surface area contributed by atoms with Crippen LogP contribution in [0.15, 0.2) is 47.0 Å². The van der Waals surface area contributed by atoms with Gasteiger partial charge in [-0.2, -0.15) is 0 Å². The summed E-state index contributed by atoms with van der Waals surface area (Å²) in [6.45, 7) is 5.69. The van der Waals surface area contributed by atoms with Crippen molar-refractivity contribution >= 4 is 34.7 Å². The molecule has 0 saturated carbocycles. The molecule has 7 heteroatoms. The summed E-state index contributed by atoms with van der Waals surface area (Å²) in [6.07, 6.45) is 3.68. The lowest BCUT2D eigenvalue weighted by Gasteiger charge is -2.34. The lowest BCUT2D eigenvalue weighted by molar-refractivity contribution is -0.131. The summed E-state index contributed by atoms with van der Waals surface area (Å²) in [6, 6.07) is 9.53. The van der Waals surface area contributed by atoms with E-state index in [1.807, 2.05) is 31.2 Å². The first kappa shape index (κ1) is 20.8. The minimum atomic E-state index is -0.980. The largest absolute Gasteiger partial charge is 0.459 e. The predicted molar refractivity (Wildman–Crippen MR) is 118 cm³/mol. The molecule has 0 radical (unpaired) electrons. The molecule has 0 bridgehead atoms. The van der Waals surface area contributed by atoms with Gasteiger partial charge in [0.1, 0.15) is 17.2 Å². The van der Waals surface area contributed by atoms with E-state index in [-0.39, 0.29) is 11.8 Å². The zero-order valence-corrected chi connectivity index (χ0v) is 18.0. The number of likely N-dealkylation sites (N-methyl/N-ethyl adjacent to an activating group) is 1. The third-order valence-electron chi connectivity index (χ3n) is 5.85. The van der Waals surface area contributed by atoms with Gasteiger partial charge < -0.3 is 19.7 Å². The first-order valence-electron chi connectivity index (χ1n) is 10.1. The fourth-order valence-corrected chi connectivity index (χ4v) is 3.65. The second-order valence-electron chi connectivity index (χ2n) is 8.46. The fraction of sp³-hybridized carbons (Fsp3) is 0.292. The number of benzene rings is 1. The van der Waals surface area contributed by atoms with Crippen LogP contribution in [-0.4, -0.2) is 33.9 Å². The zero-order valence-electron chi connectivity index (χ0n) is 18.0. The zero-order chi connectivity index (χ0) is 22.3. The third-order valence-corrected chi connectivity index (χ3v) is 5.85. The molecule has 2 aromatic heterocycles. The van der Waals surface area contributed by atoms with Crippen molar-refractivity contribution in [2.24, 2.45) is 5.41 Å². The normalized spacial score (nSPS) is 17.6. The highest BCUT2D eigenvalue weighted by atomic mass is 16.3. The number of pyridine rings is 1. The van der Waals surface area contributed by atoms with Crippen LogP contribution < -0.4 is 5.32 Å². The molecule has 1 aliphatic heterocycles. The van der Waals surface area contributed by atoms with Crippen molar-refractivity contribution in [3.8, 4) is 0 Å². The van der Waals surface area contributed by atoms with Gasteiger partial charge in [0.15, 0.2) is 0 Å². The Morgan fingerprint density at radius 2 is 2.10 bits per heavy atom. The molecule has 1 aromatic carbocycles. The van der Waals surface area contributed by atoms with Crippen LogP contribution in [0.3, 0.4) is 0 Å². The summed E-state index contributed by atoms with van der Waals surface area (Å²) >= 11 is 0. The number of aliphatic hydroxyl groups excluding tert-OH is 1. The molecule has 160 valence electrons. The molecule has 1 atom stereocenters. The lowest BCUT2D eigenvalue weighted by Crippen LogP contribution is -2.41. The number of fused-ring (bicyclic) bond motifs is 2. The van der Waals surface area contributed by atoms with Crippen LogP contribution in [0.2, 0.25) is 0 Å². The number of aryl methyl sites for hydroxylation is 1. The van der Waals surface area contributed by atoms with E-state index in [2.05, 4.69) is 10.3 Å². The number of aromatic nitrogens is 1. The molecule has 4 rings (SSSR count). The van der Waals surface area contributed by atoms with Crippen molar-refractivity contribution in [2.75, 3.05) is 12.4 Å². The highest BCUT2D eigenvalue weighted by Crippen LogP contribution is 2.41. The number of furan rings is 1. The van der Waals surface area contributed by atoms with Gasteiger partial charge in [0.05, 0.1) is 18.1 Å². The molecule has 3 heterocycles. The Morgan fingerprint density at radius 3 is 2.84 bits per heavy atom. The van der Waals surface area contributed by atoms with Crippen molar-refractivity contribution in [2.45, 2.75) is 33.4 Å². The number of hydrogen-bond donors (Lipinski definition) is 2. The van der Waals surface area contributed by atoms with Gasteiger partial charge in [-0.1, -0.05) is 18.2 Å². The number of aliphatic hydroxyl groups is 1. The van der Waals surface area contributed by atoms with Gasteiger partial charge in [0.25, 0.3) is 0 Å². The molecular weight excluding hydrogens is 394 g/mol. The van der Waals surface area contributed by atoms with Crippen LogP contribution in [0.5, 0.6) is 0 Å². The minimum Gasteiger partial charge on any atom is -0.459 e. The van der Waals surface area contributed by atoms with Gasteiger partial charge in [-0.3, -0.25) is 9.59 Å². The van der Waals surface area contributed by atoms with Gasteiger partial charge in [-0.15, -0.1) is 0 Å². The number of anilines is 1. The highest BCUT2D eigenvalue weighted by molar-refractivity contribution is 5.98. The summed E-state index contributed by atoms with van der Waals surface area (Å²) in [5, 5.41) is 14.3. The maximum atomic E-state index is 12.6. The highest BCUT2D eigenvalue weighted by Gasteiger charge is 2.42. The first-order chi connectivity index (χ1) is 14.7. The molecule has 0 aliphatic carbocycles. The summed E-state index contributed by atoms with van der Waals surface area (Å²) in [7, 11) is 1.71. The number of rotatable bonds is 4. The second kappa shape index (κ2) is 7.67. The molecule has 7 nitrogen and oxygen atoms in total. The van der Waals surface area contributed by atoms with Gasteiger partial charge >= 0.3 is 0 Å². The van der Waals surface area contributed by atoms with Crippen molar-refractivity contribution in [3.05, 3.63) is 65.1 Å². The molecule has 0 saturated heterocycles. The fourth-order valence-electron chi connectivity index (χ4n) is 3.65. The monoisotopic (exact) mass is 419 g/mol. The van der Waals surface area contributed by atoms with E-state index in [9.17, 15) is 14.7 Å². The summed E-state index contributed by atoms with van der Waals surface area (Å²) < 4.78 is 5.89. The van der Waals surface area contributed by atoms with Crippen LogP contribution in [0.1, 0.15) is 42.4 Å². The van der Waals surface area contributed by atoms with E-state index < -0.39 is 11.5 Å². The van der Waals surface area contributed by atoms with Crippen LogP contribution in [0.25, 0.3) is 17.0 Å². The topological polar surface area (TPSA) is 95.7 Å². The molecule has 1 aliphatic rings. The summed E-state index contributed by atoms with van der Waals surface area (Å²) in [4.78, 5) is 30.5. The van der Waals surface area contributed by atoms with Crippen molar-refractivity contribution in [1.82, 2.24) is 9.88 Å². The Hall–Kier alpha value is -3.45. The number of nitrogens with one attached hydrogen (secondary N) is 1. The summed E-state index contributed by atoms with van der Waals surface area (Å²) in [5.74, 6) is 0.632. The Morgan fingerprint density at radius 1 is 1.35 bits per heavy atom. The molecule has 2 N–H and O–H groups in total. The average molecular weight is 419 g/mol. The molecule has 3 aromatic rings. The molecule has 31 heavy (non-hydrogen) atoms. The van der Waals surface area contributed by atoms with Crippen molar-refractivity contribution < 1.29 is 19.1 Å². The Kier molecular flexibility index (Phi) is 5.15. The molecule has 0 fully saturated rings. The van der Waals surface area contributed by atoms with Crippen molar-refractivity contribution in [1.29, 1.82) is 0 Å². The molecule has 0 spiro atoms. The number of para-hydroxylation sites is 1. The quantitative estimate of drug-likeness (QED) is 0.627. The van der Waals surface area contributed by atoms with Gasteiger partial charge in [0, 0.05) is 35.8 Å². The number of amides is 2. The number of carbonyl (C=O) groups excluding carboxylic acids is 2. The number of nitrogens with zero attached hydrogens (tertiary/aromatic N) is 2. The van der Waals surface area contributed by atoms with Gasteiger partial charge in [-0.05, 0) is 44.5 Å². The van der Waals surface area contributed by atoms with E-state index in [0.717, 1.165) is 22.3 Å². The second-order valence-corrected chi connectivity index (χ2v) is 8.46. The van der Waals surface area contributed by atoms with E-state index in [4.69, 9.17) is 4.42 Å². The number of carbonyl (C=O) groups is 2. The maximum Gasteiger partial charge on any atom is 0.246 e. The SMILES string of the molecule is Cc1c(CN(C)C(=O)C=Cc2cnc3c(c2)C(O)C(C)(C)C(=O)N3)oc2ccccc12. The molecule has 1 unspecified atom stereocenters. The first-order valence-corrected chi connectivity index (χ1v) is 10.1. The molecule has 2 amide bonds. The van der Waals surface area contributed by atoms with E-state index in [1.54, 1.807) is 44.1 Å². The van der Waals surface area contributed by atoms with Crippen LogP contribution >= 0.6 is 0 Å². The van der Waals surface area contributed by atoms with Crippen LogP contribution in [0.4, 0.5) is 5.82 Å². The Bertz CT molecular complexity index is 1210. The van der Waals surface area contributed by atoms with Crippen LogP contribution in [-0.2, 0) is 16.1 Å².